The molecule has 0 spiro atoms. The van der Waals surface area contributed by atoms with E-state index in [4.69, 9.17) is 25.2 Å². The molecule has 6 nitrogen and oxygen atoms in total. The Morgan fingerprint density at radius 1 is 1.25 bits per heavy atom. The van der Waals surface area contributed by atoms with Gasteiger partial charge >= 0.3 is 5.97 Å². The first kappa shape index (κ1) is 15.0. The normalized spacial score (nSPS) is 13.3. The van der Waals surface area contributed by atoms with Gasteiger partial charge in [0.2, 0.25) is 0 Å². The summed E-state index contributed by atoms with van der Waals surface area (Å²) in [6.45, 7) is 2.32. The van der Waals surface area contributed by atoms with Gasteiger partial charge < -0.3 is 25.2 Å². The van der Waals surface area contributed by atoms with E-state index in [2.05, 4.69) is 6.58 Å². The summed E-state index contributed by atoms with van der Waals surface area (Å²) < 4.78 is 4.83. The predicted octanol–water partition coefficient (Wildman–Crippen LogP) is -1.57. The molecule has 0 aliphatic rings. The second-order valence-electron chi connectivity index (χ2n) is 3.69. The van der Waals surface area contributed by atoms with Crippen molar-refractivity contribution in [2.24, 2.45) is 5.41 Å². The number of rotatable bonds is 7. The Morgan fingerprint density at radius 3 is 1.94 bits per heavy atom. The summed E-state index contributed by atoms with van der Waals surface area (Å²) in [6.07, 6.45) is -1.18. The van der Waals surface area contributed by atoms with Gasteiger partial charge in [0.25, 0.3) is 0 Å². The van der Waals surface area contributed by atoms with Crippen molar-refractivity contribution in [3.8, 4) is 0 Å². The molecule has 94 valence electrons. The van der Waals surface area contributed by atoms with Crippen LogP contribution in [0, 0.1) is 5.41 Å². The first-order valence-corrected chi connectivity index (χ1v) is 4.77. The van der Waals surface area contributed by atoms with E-state index in [-0.39, 0.29) is 5.57 Å². The second-order valence-corrected chi connectivity index (χ2v) is 3.69. The van der Waals surface area contributed by atoms with Crippen LogP contribution in [0.15, 0.2) is 12.2 Å². The smallest absolute Gasteiger partial charge is 0.333 e. The standard InChI is InChI=1S/C10H18O6/c1-7(2)9(15)16-8(3-11)10(4-12,5-13)6-14/h8,11-14H,1,3-6H2,2H3. The number of ether oxygens (including phenoxy) is 1. The molecule has 6 heteroatoms. The second kappa shape index (κ2) is 6.59. The molecule has 0 radical (unpaired) electrons. The molecule has 16 heavy (non-hydrogen) atoms. The van der Waals surface area contributed by atoms with Crippen LogP contribution in [0.2, 0.25) is 0 Å². The molecule has 0 bridgehead atoms. The zero-order chi connectivity index (χ0) is 12.8. The Bertz CT molecular complexity index is 237. The topological polar surface area (TPSA) is 107 Å². The van der Waals surface area contributed by atoms with Crippen molar-refractivity contribution >= 4 is 5.97 Å². The van der Waals surface area contributed by atoms with Crippen LogP contribution in [0.5, 0.6) is 0 Å². The fourth-order valence-corrected chi connectivity index (χ4v) is 1.04. The Hall–Kier alpha value is -0.950. The largest absolute Gasteiger partial charge is 0.456 e. The highest BCUT2D eigenvalue weighted by atomic mass is 16.6. The van der Waals surface area contributed by atoms with Crippen LogP contribution >= 0.6 is 0 Å². The van der Waals surface area contributed by atoms with Crippen molar-refractivity contribution in [2.45, 2.75) is 13.0 Å². The lowest BCUT2D eigenvalue weighted by Gasteiger charge is -2.34. The molecular weight excluding hydrogens is 216 g/mol. The van der Waals surface area contributed by atoms with Crippen LogP contribution in [0.25, 0.3) is 0 Å². The zero-order valence-electron chi connectivity index (χ0n) is 9.22. The lowest BCUT2D eigenvalue weighted by Crippen LogP contribution is -2.49. The molecular formula is C10H18O6. The third-order valence-electron chi connectivity index (χ3n) is 2.39. The monoisotopic (exact) mass is 234 g/mol. The number of aliphatic hydroxyl groups is 4. The van der Waals surface area contributed by atoms with E-state index in [1.165, 1.54) is 6.92 Å². The minimum absolute atomic E-state index is 0.126. The average molecular weight is 234 g/mol. The van der Waals surface area contributed by atoms with E-state index >= 15 is 0 Å². The highest BCUT2D eigenvalue weighted by molar-refractivity contribution is 5.87. The van der Waals surface area contributed by atoms with Crippen molar-refractivity contribution in [1.82, 2.24) is 0 Å². The van der Waals surface area contributed by atoms with Gasteiger partial charge in [0.15, 0.2) is 0 Å². The summed E-state index contributed by atoms with van der Waals surface area (Å²) in [5, 5.41) is 36.3. The van der Waals surface area contributed by atoms with Gasteiger partial charge in [-0.25, -0.2) is 4.79 Å². The van der Waals surface area contributed by atoms with Crippen molar-refractivity contribution < 1.29 is 30.0 Å². The first-order chi connectivity index (χ1) is 7.47. The zero-order valence-corrected chi connectivity index (χ0v) is 9.22. The molecule has 0 saturated heterocycles. The van der Waals surface area contributed by atoms with Gasteiger partial charge in [-0.05, 0) is 6.92 Å². The SMILES string of the molecule is C=C(C)C(=O)OC(CO)C(CO)(CO)CO. The van der Waals surface area contributed by atoms with Gasteiger partial charge in [0.1, 0.15) is 6.10 Å². The fourth-order valence-electron chi connectivity index (χ4n) is 1.04. The molecule has 1 unspecified atom stereocenters. The molecule has 0 saturated carbocycles. The van der Waals surface area contributed by atoms with Crippen LogP contribution in [0.4, 0.5) is 0 Å². The first-order valence-electron chi connectivity index (χ1n) is 4.77. The predicted molar refractivity (Wildman–Crippen MR) is 55.5 cm³/mol. The van der Waals surface area contributed by atoms with Gasteiger partial charge in [-0.15, -0.1) is 0 Å². The van der Waals surface area contributed by atoms with E-state index in [1.54, 1.807) is 0 Å². The summed E-state index contributed by atoms with van der Waals surface area (Å²) in [5.74, 6) is -0.751. The number of carbonyl (C=O) groups is 1. The molecule has 0 aromatic rings. The third kappa shape index (κ3) is 3.28. The Labute approximate surface area is 93.8 Å². The Kier molecular flexibility index (Phi) is 6.20. The van der Waals surface area contributed by atoms with E-state index in [0.717, 1.165) is 0 Å². The van der Waals surface area contributed by atoms with Gasteiger partial charge in [0, 0.05) is 5.57 Å². The maximum atomic E-state index is 11.2. The van der Waals surface area contributed by atoms with Crippen molar-refractivity contribution in [3.05, 3.63) is 12.2 Å². The molecule has 0 aliphatic carbocycles. The molecule has 4 N–H and O–H groups in total. The molecule has 0 aromatic heterocycles. The summed E-state index contributed by atoms with van der Waals surface area (Å²) in [6, 6.07) is 0. The Morgan fingerprint density at radius 2 is 1.69 bits per heavy atom. The fraction of sp³-hybridized carbons (Fsp3) is 0.700. The van der Waals surface area contributed by atoms with Crippen LogP contribution in [0.1, 0.15) is 6.92 Å². The molecule has 0 aliphatic heterocycles. The van der Waals surface area contributed by atoms with Crippen LogP contribution in [-0.4, -0.2) is 58.9 Å². The number of hydrogen-bond donors (Lipinski definition) is 4. The molecule has 0 rings (SSSR count). The van der Waals surface area contributed by atoms with Crippen molar-refractivity contribution in [3.63, 3.8) is 0 Å². The quantitative estimate of drug-likeness (QED) is 0.313. The lowest BCUT2D eigenvalue weighted by atomic mass is 9.84. The molecule has 0 amide bonds. The van der Waals surface area contributed by atoms with Gasteiger partial charge in [-0.2, -0.15) is 0 Å². The minimum atomic E-state index is -1.46. The van der Waals surface area contributed by atoms with E-state index in [1.807, 2.05) is 0 Å². The number of carbonyl (C=O) groups excluding carboxylic acids is 1. The third-order valence-corrected chi connectivity index (χ3v) is 2.39. The van der Waals surface area contributed by atoms with Crippen LogP contribution in [0.3, 0.4) is 0 Å². The molecule has 0 heterocycles. The van der Waals surface area contributed by atoms with E-state index in [9.17, 15) is 4.79 Å². The molecule has 1 atom stereocenters. The number of aliphatic hydroxyl groups excluding tert-OH is 4. The van der Waals surface area contributed by atoms with E-state index in [0.29, 0.717) is 0 Å². The average Bonchev–Trinajstić information content (AvgIpc) is 2.29. The van der Waals surface area contributed by atoms with Gasteiger partial charge in [0.05, 0.1) is 31.8 Å². The van der Waals surface area contributed by atoms with Crippen LogP contribution in [-0.2, 0) is 9.53 Å². The molecule has 0 aromatic carbocycles. The number of hydrogen-bond acceptors (Lipinski definition) is 6. The summed E-state index contributed by atoms with van der Waals surface area (Å²) in [4.78, 5) is 11.2. The maximum absolute atomic E-state index is 11.2. The van der Waals surface area contributed by atoms with Crippen molar-refractivity contribution in [1.29, 1.82) is 0 Å². The maximum Gasteiger partial charge on any atom is 0.333 e. The van der Waals surface area contributed by atoms with Gasteiger partial charge in [-0.1, -0.05) is 6.58 Å². The highest BCUT2D eigenvalue weighted by Crippen LogP contribution is 2.23. The summed E-state index contributed by atoms with van der Waals surface area (Å²) in [5.41, 5.74) is -1.33. The summed E-state index contributed by atoms with van der Waals surface area (Å²) in [7, 11) is 0. The molecule has 0 fully saturated rings. The minimum Gasteiger partial charge on any atom is -0.456 e. The Balaban J connectivity index is 4.81. The highest BCUT2D eigenvalue weighted by Gasteiger charge is 2.40. The van der Waals surface area contributed by atoms with E-state index < -0.39 is 43.9 Å². The lowest BCUT2D eigenvalue weighted by molar-refractivity contribution is -0.166. The summed E-state index contributed by atoms with van der Waals surface area (Å²) >= 11 is 0. The van der Waals surface area contributed by atoms with Gasteiger partial charge in [-0.3, -0.25) is 0 Å². The van der Waals surface area contributed by atoms with Crippen molar-refractivity contribution in [2.75, 3.05) is 26.4 Å². The number of esters is 1. The van der Waals surface area contributed by atoms with Crippen LogP contribution < -0.4 is 0 Å².